The van der Waals surface area contributed by atoms with Crippen LogP contribution in [0.25, 0.3) is 0 Å². The fourth-order valence-corrected chi connectivity index (χ4v) is 4.48. The highest BCUT2D eigenvalue weighted by Gasteiger charge is 2.29. The molecule has 2 aliphatic heterocycles. The highest BCUT2D eigenvalue weighted by molar-refractivity contribution is 5.96. The first-order valence-corrected chi connectivity index (χ1v) is 11.3. The number of carbonyl (C=O) groups excluding carboxylic acids is 2. The van der Waals surface area contributed by atoms with Crippen LogP contribution >= 0.6 is 0 Å². The highest BCUT2D eigenvalue weighted by atomic mass is 16.6. The maximum atomic E-state index is 13.1. The molecule has 0 radical (unpaired) electrons. The molecule has 0 N–H and O–H groups in total. The van der Waals surface area contributed by atoms with Gasteiger partial charge >= 0.3 is 6.09 Å². The lowest BCUT2D eigenvalue weighted by molar-refractivity contribution is -0.120. The van der Waals surface area contributed by atoms with Crippen LogP contribution in [0, 0.1) is 5.92 Å². The third kappa shape index (κ3) is 6.35. The van der Waals surface area contributed by atoms with Gasteiger partial charge in [0.25, 0.3) is 0 Å². The second kappa shape index (κ2) is 9.90. The van der Waals surface area contributed by atoms with Gasteiger partial charge in [0.2, 0.25) is 5.91 Å². The molecule has 2 aliphatic rings. The van der Waals surface area contributed by atoms with E-state index in [1.807, 2.05) is 43.9 Å². The van der Waals surface area contributed by atoms with E-state index in [-0.39, 0.29) is 12.0 Å². The van der Waals surface area contributed by atoms with Crippen LogP contribution in [0.4, 0.5) is 10.5 Å². The molecule has 2 heterocycles. The Kier molecular flexibility index (Phi) is 7.46. The zero-order valence-corrected chi connectivity index (χ0v) is 19.6. The van der Waals surface area contributed by atoms with Gasteiger partial charge in [-0.3, -0.25) is 9.69 Å². The number of benzene rings is 1. The molecule has 1 fully saturated rings. The van der Waals surface area contributed by atoms with Crippen molar-refractivity contribution in [2.45, 2.75) is 52.1 Å². The van der Waals surface area contributed by atoms with E-state index in [0.717, 1.165) is 56.8 Å². The van der Waals surface area contributed by atoms with E-state index in [2.05, 4.69) is 4.90 Å². The number of hydrogen-bond acceptors (Lipinski definition) is 5. The molecule has 1 aromatic rings. The Balaban J connectivity index is 1.56. The Hall–Kier alpha value is -2.28. The van der Waals surface area contributed by atoms with E-state index < -0.39 is 5.60 Å². The number of ether oxygens (including phenoxy) is 2. The molecular weight excluding hydrogens is 394 g/mol. The number of likely N-dealkylation sites (tertiary alicyclic amines) is 1. The largest absolute Gasteiger partial charge is 0.497 e. The van der Waals surface area contributed by atoms with Crippen LogP contribution in [-0.2, 0) is 16.0 Å². The lowest BCUT2D eigenvalue weighted by atomic mass is 9.97. The Labute approximate surface area is 186 Å². The lowest BCUT2D eigenvalue weighted by Crippen LogP contribution is -2.47. The van der Waals surface area contributed by atoms with Crippen molar-refractivity contribution in [3.63, 3.8) is 0 Å². The molecule has 172 valence electrons. The average molecular weight is 432 g/mol. The van der Waals surface area contributed by atoms with Crippen molar-refractivity contribution in [2.24, 2.45) is 5.92 Å². The van der Waals surface area contributed by atoms with Crippen molar-refractivity contribution >= 4 is 17.7 Å². The number of piperidine rings is 1. The van der Waals surface area contributed by atoms with Gasteiger partial charge in [0.05, 0.1) is 13.7 Å². The Morgan fingerprint density at radius 2 is 1.97 bits per heavy atom. The summed E-state index contributed by atoms with van der Waals surface area (Å²) in [5.41, 5.74) is 1.69. The topological polar surface area (TPSA) is 62.3 Å². The molecule has 1 atom stereocenters. The molecule has 7 nitrogen and oxygen atoms in total. The molecule has 1 saturated heterocycles. The second-order valence-electron chi connectivity index (χ2n) is 9.75. The van der Waals surface area contributed by atoms with Crippen LogP contribution < -0.4 is 9.64 Å². The number of rotatable bonds is 5. The molecule has 2 amide bonds. The SMILES string of the molecule is COc1ccc2c(c1)CCCN2C(=O)CN1CCCC(CN(C)C(=O)OC(C)(C)C)C1. The van der Waals surface area contributed by atoms with Gasteiger partial charge in [0.15, 0.2) is 0 Å². The summed E-state index contributed by atoms with van der Waals surface area (Å²) in [6.45, 7) is 9.19. The average Bonchev–Trinajstić information content (AvgIpc) is 2.71. The van der Waals surface area contributed by atoms with Crippen LogP contribution in [0.3, 0.4) is 0 Å². The molecule has 3 rings (SSSR count). The zero-order valence-electron chi connectivity index (χ0n) is 19.6. The molecule has 0 aromatic heterocycles. The Bertz CT molecular complexity index is 790. The summed E-state index contributed by atoms with van der Waals surface area (Å²) >= 11 is 0. The minimum Gasteiger partial charge on any atom is -0.497 e. The molecule has 7 heteroatoms. The molecule has 31 heavy (non-hydrogen) atoms. The molecule has 0 aliphatic carbocycles. The van der Waals surface area contributed by atoms with Gasteiger partial charge in [-0.25, -0.2) is 4.79 Å². The maximum absolute atomic E-state index is 13.1. The maximum Gasteiger partial charge on any atom is 0.410 e. The number of nitrogens with zero attached hydrogens (tertiary/aromatic N) is 3. The van der Waals surface area contributed by atoms with E-state index in [9.17, 15) is 9.59 Å². The molecule has 0 bridgehead atoms. The van der Waals surface area contributed by atoms with Crippen molar-refractivity contribution in [1.82, 2.24) is 9.80 Å². The van der Waals surface area contributed by atoms with Crippen molar-refractivity contribution in [1.29, 1.82) is 0 Å². The van der Waals surface area contributed by atoms with E-state index in [1.54, 1.807) is 19.1 Å². The van der Waals surface area contributed by atoms with E-state index >= 15 is 0 Å². The first kappa shape index (κ1) is 23.4. The molecule has 1 unspecified atom stereocenters. The third-order valence-corrected chi connectivity index (χ3v) is 5.91. The van der Waals surface area contributed by atoms with Crippen molar-refractivity contribution in [3.8, 4) is 5.75 Å². The number of hydrogen-bond donors (Lipinski definition) is 0. The van der Waals surface area contributed by atoms with E-state index in [4.69, 9.17) is 9.47 Å². The van der Waals surface area contributed by atoms with Gasteiger partial charge in [-0.05, 0) is 82.7 Å². The molecular formula is C24H37N3O4. The first-order chi connectivity index (χ1) is 14.7. The van der Waals surface area contributed by atoms with Crippen LogP contribution in [0.15, 0.2) is 18.2 Å². The summed E-state index contributed by atoms with van der Waals surface area (Å²) in [6.07, 6.45) is 3.74. The summed E-state index contributed by atoms with van der Waals surface area (Å²) in [4.78, 5) is 31.2. The molecule has 0 spiro atoms. The van der Waals surface area contributed by atoms with Crippen molar-refractivity contribution in [3.05, 3.63) is 23.8 Å². The number of carbonyl (C=O) groups is 2. The fourth-order valence-electron chi connectivity index (χ4n) is 4.48. The van der Waals surface area contributed by atoms with Crippen LogP contribution in [0.2, 0.25) is 0 Å². The molecule has 1 aromatic carbocycles. The highest BCUT2D eigenvalue weighted by Crippen LogP contribution is 2.31. The van der Waals surface area contributed by atoms with Crippen molar-refractivity contribution < 1.29 is 19.1 Å². The predicted octanol–water partition coefficient (Wildman–Crippen LogP) is 3.55. The zero-order chi connectivity index (χ0) is 22.6. The number of fused-ring (bicyclic) bond motifs is 1. The summed E-state index contributed by atoms with van der Waals surface area (Å²) in [6, 6.07) is 5.96. The fraction of sp³-hybridized carbons (Fsp3) is 0.667. The Morgan fingerprint density at radius 1 is 1.19 bits per heavy atom. The van der Waals surface area contributed by atoms with Gasteiger partial charge in [0.1, 0.15) is 11.4 Å². The van der Waals surface area contributed by atoms with Gasteiger partial charge in [-0.1, -0.05) is 0 Å². The summed E-state index contributed by atoms with van der Waals surface area (Å²) in [5, 5.41) is 0. The lowest BCUT2D eigenvalue weighted by Gasteiger charge is -2.36. The minimum absolute atomic E-state index is 0.146. The summed E-state index contributed by atoms with van der Waals surface area (Å²) in [7, 11) is 3.46. The number of amides is 2. The van der Waals surface area contributed by atoms with Crippen LogP contribution in [-0.4, -0.2) is 74.3 Å². The van der Waals surface area contributed by atoms with E-state index in [0.29, 0.717) is 19.0 Å². The molecule has 0 saturated carbocycles. The smallest absolute Gasteiger partial charge is 0.410 e. The summed E-state index contributed by atoms with van der Waals surface area (Å²) < 4.78 is 10.8. The monoisotopic (exact) mass is 431 g/mol. The van der Waals surface area contributed by atoms with Crippen molar-refractivity contribution in [2.75, 3.05) is 51.8 Å². The number of anilines is 1. The van der Waals surface area contributed by atoms with Gasteiger partial charge in [-0.15, -0.1) is 0 Å². The van der Waals surface area contributed by atoms with Crippen LogP contribution in [0.5, 0.6) is 5.75 Å². The van der Waals surface area contributed by atoms with Crippen LogP contribution in [0.1, 0.15) is 45.6 Å². The minimum atomic E-state index is -0.495. The first-order valence-electron chi connectivity index (χ1n) is 11.3. The number of aryl methyl sites for hydroxylation is 1. The standard InChI is InChI=1S/C24H37N3O4/c1-24(2,3)31-23(29)25(4)15-18-8-6-12-26(16-18)17-22(28)27-13-7-9-19-14-20(30-5)10-11-21(19)27/h10-11,14,18H,6-9,12-13,15-17H2,1-5H3. The second-order valence-corrected chi connectivity index (χ2v) is 9.75. The summed E-state index contributed by atoms with van der Waals surface area (Å²) in [5.74, 6) is 1.32. The predicted molar refractivity (Wildman–Crippen MR) is 122 cm³/mol. The Morgan fingerprint density at radius 3 is 2.68 bits per heavy atom. The van der Waals surface area contributed by atoms with Gasteiger partial charge < -0.3 is 19.3 Å². The number of methoxy groups -OCH3 is 1. The normalized spacial score (nSPS) is 19.5. The quantitative estimate of drug-likeness (QED) is 0.713. The van der Waals surface area contributed by atoms with Gasteiger partial charge in [-0.2, -0.15) is 0 Å². The van der Waals surface area contributed by atoms with Gasteiger partial charge in [0, 0.05) is 32.4 Å². The van der Waals surface area contributed by atoms with E-state index in [1.165, 1.54) is 5.56 Å². The third-order valence-electron chi connectivity index (χ3n) is 5.91.